The van der Waals surface area contributed by atoms with Crippen LogP contribution in [0.5, 0.6) is 0 Å². The van der Waals surface area contributed by atoms with Gasteiger partial charge in [0.05, 0.1) is 12.6 Å². The van der Waals surface area contributed by atoms with E-state index < -0.39 is 108 Å². The van der Waals surface area contributed by atoms with Crippen molar-refractivity contribution in [1.29, 1.82) is 0 Å². The first-order valence-electron chi connectivity index (χ1n) is 22.2. The van der Waals surface area contributed by atoms with E-state index in [2.05, 4.69) is 49.2 Å². The highest BCUT2D eigenvalue weighted by molar-refractivity contribution is 7.80. The summed E-state index contributed by atoms with van der Waals surface area (Å²) in [4.78, 5) is 130. The van der Waals surface area contributed by atoms with Crippen molar-refractivity contribution in [3.8, 4) is 0 Å². The summed E-state index contributed by atoms with van der Waals surface area (Å²) in [7, 11) is 0. The number of guanidine groups is 2. The molecule has 8 atom stereocenters. The Morgan fingerprint density at radius 3 is 1.57 bits per heavy atom. The number of carbonyl (C=O) groups excluding carboxylic acids is 8. The number of unbranched alkanes of at least 4 members (excludes halogenated alkanes) is 1. The lowest BCUT2D eigenvalue weighted by Gasteiger charge is -2.31. The lowest BCUT2D eigenvalue weighted by atomic mass is 10.0. The van der Waals surface area contributed by atoms with Crippen LogP contribution in [0.3, 0.4) is 0 Å². The van der Waals surface area contributed by atoms with Crippen molar-refractivity contribution in [2.24, 2.45) is 50.1 Å². The van der Waals surface area contributed by atoms with E-state index in [0.717, 1.165) is 0 Å². The number of hydrogen-bond acceptors (Lipinski definition) is 15. The molecule has 0 radical (unpaired) electrons. The van der Waals surface area contributed by atoms with E-state index in [1.165, 1.54) is 9.80 Å². The van der Waals surface area contributed by atoms with E-state index in [-0.39, 0.29) is 102 Å². The minimum atomic E-state index is -1.58. The van der Waals surface area contributed by atoms with Gasteiger partial charge >= 0.3 is 5.97 Å². The molecular weight excluding hydrogens is 901 g/mol. The SMILES string of the molecule is NCCCC[C@H](NC(=O)[C@H](CCC(N)=O)NC(=O)[C@@H]1CCCN1C(=O)[C@@H](N)CCCN=C(N)N)C(=O)N[C@@H](CCCN=C(N)N)C(=O)N1CCC[C@H]1C(=O)N[C@@H](CO)C(=O)N[C@@H](CS)C(=O)O. The summed E-state index contributed by atoms with van der Waals surface area (Å²) in [6, 6.07) is -10.2. The van der Waals surface area contributed by atoms with Crippen LogP contribution >= 0.6 is 12.6 Å². The molecule has 378 valence electrons. The van der Waals surface area contributed by atoms with Crippen molar-refractivity contribution < 1.29 is 53.4 Å². The van der Waals surface area contributed by atoms with Gasteiger partial charge in [0.15, 0.2) is 11.9 Å². The Labute approximate surface area is 393 Å². The topological polar surface area (TPSA) is 468 Å². The summed E-state index contributed by atoms with van der Waals surface area (Å²) < 4.78 is 0. The summed E-state index contributed by atoms with van der Waals surface area (Å²) >= 11 is 3.90. The van der Waals surface area contributed by atoms with E-state index in [1.807, 2.05) is 0 Å². The van der Waals surface area contributed by atoms with Gasteiger partial charge in [-0.1, -0.05) is 0 Å². The summed E-state index contributed by atoms with van der Waals surface area (Å²) in [6.45, 7) is -0.0790. The van der Waals surface area contributed by atoms with Gasteiger partial charge in [0.1, 0.15) is 42.3 Å². The molecule has 2 aliphatic rings. The molecule has 21 N–H and O–H groups in total. The maximum Gasteiger partial charge on any atom is 0.327 e. The largest absolute Gasteiger partial charge is 0.480 e. The highest BCUT2D eigenvalue weighted by Gasteiger charge is 2.41. The molecule has 0 aromatic rings. The molecule has 2 aliphatic heterocycles. The molecule has 0 bridgehead atoms. The molecule has 0 unspecified atom stereocenters. The number of aliphatic carboxylic acids is 1. The Morgan fingerprint density at radius 1 is 0.612 bits per heavy atom. The van der Waals surface area contributed by atoms with Crippen LogP contribution < -0.4 is 66.7 Å². The fraction of sp³-hybridized carbons (Fsp3) is 0.718. The molecule has 2 rings (SSSR count). The van der Waals surface area contributed by atoms with Gasteiger partial charge in [0.2, 0.25) is 47.3 Å². The Balaban J connectivity index is 2.34. The number of amides is 8. The van der Waals surface area contributed by atoms with Gasteiger partial charge in [-0.05, 0) is 83.6 Å². The highest BCUT2D eigenvalue weighted by atomic mass is 32.1. The monoisotopic (exact) mass is 971 g/mol. The van der Waals surface area contributed by atoms with E-state index >= 15 is 0 Å². The first kappa shape index (κ1) is 57.1. The van der Waals surface area contributed by atoms with Crippen LogP contribution in [0.1, 0.15) is 83.5 Å². The maximum absolute atomic E-state index is 14.3. The smallest absolute Gasteiger partial charge is 0.327 e. The molecule has 0 aromatic carbocycles. The van der Waals surface area contributed by atoms with Crippen LogP contribution in [-0.4, -0.2) is 179 Å². The number of primary amides is 1. The second-order valence-corrected chi connectivity index (χ2v) is 16.5. The molecule has 0 spiro atoms. The van der Waals surface area contributed by atoms with E-state index in [4.69, 9.17) is 40.1 Å². The van der Waals surface area contributed by atoms with Gasteiger partial charge in [-0.3, -0.25) is 48.3 Å². The second-order valence-electron chi connectivity index (χ2n) is 16.2. The fourth-order valence-corrected chi connectivity index (χ4v) is 7.72. The molecular formula is C39H70N16O11S. The molecule has 0 saturated carbocycles. The van der Waals surface area contributed by atoms with Crippen LogP contribution in [0.15, 0.2) is 9.98 Å². The lowest BCUT2D eigenvalue weighted by molar-refractivity contribution is -0.143. The molecule has 0 aromatic heterocycles. The summed E-state index contributed by atoms with van der Waals surface area (Å²) in [5, 5.41) is 31.7. The standard InChI is InChI=1S/C39H70N16O11S/c40-14-2-1-8-22(49-31(59)23(12-13-29(42)57)50-33(61)27-10-5-17-54(27)35(63)21(41)7-3-15-47-38(43)44)30(58)51-24(9-4-16-48-39(45)46)36(64)55-18-6-11-28(55)34(62)52-25(19-56)32(60)53-26(20-67)37(65)66/h21-28,56,67H,1-20,40-41H2,(H2,42,57)(H,49,59)(H,50,61)(H,51,58)(H,52,62)(H,53,60)(H,65,66)(H4,43,44,47)(H4,45,46,48)/t21-,22-,23-,24-,25-,26-,27-,28-/m0/s1. The minimum Gasteiger partial charge on any atom is -0.480 e. The van der Waals surface area contributed by atoms with Crippen molar-refractivity contribution in [1.82, 2.24) is 36.4 Å². The number of nitrogens with zero attached hydrogens (tertiary/aromatic N) is 4. The predicted molar refractivity (Wildman–Crippen MR) is 247 cm³/mol. The first-order chi connectivity index (χ1) is 31.7. The number of aliphatic hydroxyl groups is 1. The third-order valence-electron chi connectivity index (χ3n) is 11.0. The van der Waals surface area contributed by atoms with Crippen LogP contribution in [0.2, 0.25) is 0 Å². The summed E-state index contributed by atoms with van der Waals surface area (Å²) in [5.74, 6) is -8.17. The van der Waals surface area contributed by atoms with Crippen molar-refractivity contribution in [3.05, 3.63) is 0 Å². The van der Waals surface area contributed by atoms with Gasteiger partial charge in [-0.25, -0.2) is 4.79 Å². The summed E-state index contributed by atoms with van der Waals surface area (Å²) in [5.41, 5.74) is 39.0. The predicted octanol–water partition coefficient (Wildman–Crippen LogP) is -6.77. The summed E-state index contributed by atoms with van der Waals surface area (Å²) in [6.07, 6.45) is 2.12. The highest BCUT2D eigenvalue weighted by Crippen LogP contribution is 2.22. The number of nitrogens with two attached hydrogens (primary N) is 7. The van der Waals surface area contributed by atoms with Crippen molar-refractivity contribution in [3.63, 3.8) is 0 Å². The minimum absolute atomic E-state index is 0.0153. The number of thiol groups is 1. The average molecular weight is 971 g/mol. The number of hydrogen-bond donors (Lipinski definition) is 15. The van der Waals surface area contributed by atoms with Crippen molar-refractivity contribution in [2.45, 2.75) is 132 Å². The molecule has 67 heavy (non-hydrogen) atoms. The normalized spacial score (nSPS) is 18.2. The molecule has 8 amide bonds. The molecule has 2 saturated heterocycles. The molecule has 2 heterocycles. The van der Waals surface area contributed by atoms with E-state index in [9.17, 15) is 53.4 Å². The van der Waals surface area contributed by atoms with Gasteiger partial charge < -0.3 is 86.7 Å². The second kappa shape index (κ2) is 29.6. The third kappa shape index (κ3) is 19.4. The molecule has 2 fully saturated rings. The number of nitrogens with one attached hydrogen (secondary N) is 5. The van der Waals surface area contributed by atoms with Gasteiger partial charge in [-0.15, -0.1) is 0 Å². The number of carbonyl (C=O) groups is 9. The zero-order chi connectivity index (χ0) is 50.2. The molecule has 0 aliphatic carbocycles. The molecule has 27 nitrogen and oxygen atoms in total. The number of carboxylic acids is 1. The zero-order valence-electron chi connectivity index (χ0n) is 37.6. The molecule has 28 heteroatoms. The Bertz CT molecular complexity index is 1780. The van der Waals surface area contributed by atoms with Gasteiger partial charge in [0.25, 0.3) is 0 Å². The quantitative estimate of drug-likeness (QED) is 0.0138. The van der Waals surface area contributed by atoms with Gasteiger partial charge in [-0.2, -0.15) is 12.6 Å². The van der Waals surface area contributed by atoms with Gasteiger partial charge in [0, 0.05) is 38.4 Å². The van der Waals surface area contributed by atoms with Crippen LogP contribution in [0, 0.1) is 0 Å². The van der Waals surface area contributed by atoms with Crippen molar-refractivity contribution in [2.75, 3.05) is 45.1 Å². The van der Waals surface area contributed by atoms with Crippen molar-refractivity contribution >= 4 is 77.8 Å². The number of aliphatic hydroxyl groups excluding tert-OH is 1. The maximum atomic E-state index is 14.3. The van der Waals surface area contributed by atoms with Crippen LogP contribution in [-0.2, 0) is 43.2 Å². The van der Waals surface area contributed by atoms with E-state index in [1.54, 1.807) is 0 Å². The number of aliphatic imine (C=N–C) groups is 2. The van der Waals surface area contributed by atoms with E-state index in [0.29, 0.717) is 32.1 Å². The Kier molecular flexibility index (Phi) is 25.2. The number of rotatable bonds is 30. The lowest BCUT2D eigenvalue weighted by Crippen LogP contribution is -2.60. The Hall–Kier alpha value is -6.00. The zero-order valence-corrected chi connectivity index (χ0v) is 38.5. The fourth-order valence-electron chi connectivity index (χ4n) is 7.47. The number of likely N-dealkylation sites (tertiary alicyclic amines) is 2. The Morgan fingerprint density at radius 2 is 1.07 bits per heavy atom. The van der Waals surface area contributed by atoms with Crippen LogP contribution in [0.4, 0.5) is 0 Å². The first-order valence-corrected chi connectivity index (χ1v) is 22.8. The number of carboxylic acid groups (broad SMARTS) is 1. The third-order valence-corrected chi connectivity index (χ3v) is 11.4. The van der Waals surface area contributed by atoms with Crippen LogP contribution in [0.25, 0.3) is 0 Å². The average Bonchev–Trinajstić information content (AvgIpc) is 3.98.